The van der Waals surface area contributed by atoms with E-state index in [4.69, 9.17) is 10.3 Å². The van der Waals surface area contributed by atoms with Gasteiger partial charge in [0.25, 0.3) is 0 Å². The van der Waals surface area contributed by atoms with E-state index in [-0.39, 0.29) is 24.8 Å². The van der Waals surface area contributed by atoms with Crippen molar-refractivity contribution in [1.29, 1.82) is 0 Å². The lowest BCUT2D eigenvalue weighted by atomic mass is 10.4. The second kappa shape index (κ2) is 7.34. The van der Waals surface area contributed by atoms with Gasteiger partial charge in [0, 0.05) is 11.0 Å². The molecule has 9 heteroatoms. The van der Waals surface area contributed by atoms with Crippen LogP contribution in [-0.2, 0) is 4.74 Å². The van der Waals surface area contributed by atoms with E-state index in [2.05, 4.69) is 35.6 Å². The first kappa shape index (κ1) is 14.9. The summed E-state index contributed by atoms with van der Waals surface area (Å²) in [5.74, 6) is 0.647. The van der Waals surface area contributed by atoms with Crippen LogP contribution >= 0.6 is 0 Å². The zero-order chi connectivity index (χ0) is 14.3. The van der Waals surface area contributed by atoms with E-state index in [0.717, 1.165) is 0 Å². The topological polar surface area (TPSA) is 121 Å². The van der Waals surface area contributed by atoms with Gasteiger partial charge < -0.3 is 15.4 Å². The number of hydrogen-bond donors (Lipinski definition) is 2. The van der Waals surface area contributed by atoms with Crippen LogP contribution in [0.15, 0.2) is 5.11 Å². The standard InChI is InChI=1S/C10H18N8O/c1-6(2)13-9-14-8(12-5-19-7(3)4)15-10(16-9)17-18-11/h6-7H,5H2,1-4H3,(H2,12,13,14,15,16). The maximum atomic E-state index is 8.42. The number of hydrogen-bond acceptors (Lipinski definition) is 7. The fraction of sp³-hybridized carbons (Fsp3) is 0.700. The highest BCUT2D eigenvalue weighted by molar-refractivity contribution is 5.39. The third-order valence-electron chi connectivity index (χ3n) is 1.82. The Morgan fingerprint density at radius 2 is 1.89 bits per heavy atom. The summed E-state index contributed by atoms with van der Waals surface area (Å²) < 4.78 is 5.33. The molecule has 1 rings (SSSR count). The van der Waals surface area contributed by atoms with Crippen LogP contribution in [0.2, 0.25) is 0 Å². The second-order valence-corrected chi connectivity index (χ2v) is 4.31. The summed E-state index contributed by atoms with van der Waals surface area (Å²) in [6.45, 7) is 8.01. The molecule has 1 aromatic heterocycles. The van der Waals surface area contributed by atoms with Crippen LogP contribution in [-0.4, -0.2) is 33.8 Å². The van der Waals surface area contributed by atoms with E-state index < -0.39 is 0 Å². The van der Waals surface area contributed by atoms with Crippen LogP contribution < -0.4 is 10.6 Å². The summed E-state index contributed by atoms with van der Waals surface area (Å²) in [4.78, 5) is 14.7. The molecular formula is C10H18N8O. The molecule has 0 saturated heterocycles. The minimum atomic E-state index is 0.00713. The minimum absolute atomic E-state index is 0.00713. The number of nitrogens with one attached hydrogen (secondary N) is 2. The van der Waals surface area contributed by atoms with Crippen molar-refractivity contribution in [2.45, 2.75) is 39.8 Å². The molecule has 0 radical (unpaired) electrons. The Balaban J connectivity index is 2.83. The van der Waals surface area contributed by atoms with E-state index >= 15 is 0 Å². The van der Waals surface area contributed by atoms with Gasteiger partial charge in [0.1, 0.15) is 6.73 Å². The zero-order valence-electron chi connectivity index (χ0n) is 11.5. The predicted molar refractivity (Wildman–Crippen MR) is 72.1 cm³/mol. The SMILES string of the molecule is CC(C)Nc1nc(N=[N+]=[N-])nc(NCOC(C)C)n1. The van der Waals surface area contributed by atoms with Gasteiger partial charge in [-0.15, -0.1) is 0 Å². The van der Waals surface area contributed by atoms with Crippen LogP contribution in [0.1, 0.15) is 27.7 Å². The first-order chi connectivity index (χ1) is 9.01. The first-order valence-corrected chi connectivity index (χ1v) is 5.94. The van der Waals surface area contributed by atoms with Crippen molar-refractivity contribution in [2.24, 2.45) is 5.11 Å². The average Bonchev–Trinajstić information content (AvgIpc) is 2.27. The molecule has 0 atom stereocenters. The van der Waals surface area contributed by atoms with Gasteiger partial charge in [-0.1, -0.05) is 0 Å². The number of azide groups is 1. The quantitative estimate of drug-likeness (QED) is 0.338. The van der Waals surface area contributed by atoms with E-state index in [9.17, 15) is 0 Å². The third kappa shape index (κ3) is 5.84. The van der Waals surface area contributed by atoms with Crippen molar-refractivity contribution in [1.82, 2.24) is 15.0 Å². The molecule has 0 aliphatic rings. The normalized spacial score (nSPS) is 10.4. The van der Waals surface area contributed by atoms with Crippen LogP contribution in [0.25, 0.3) is 10.4 Å². The molecule has 2 N–H and O–H groups in total. The molecule has 9 nitrogen and oxygen atoms in total. The molecule has 1 aromatic rings. The fourth-order valence-electron chi connectivity index (χ4n) is 1.12. The number of ether oxygens (including phenoxy) is 1. The molecule has 1 heterocycles. The summed E-state index contributed by atoms with van der Waals surface area (Å²) in [7, 11) is 0. The average molecular weight is 266 g/mol. The summed E-state index contributed by atoms with van der Waals surface area (Å²) in [6.07, 6.45) is 0.0965. The van der Waals surface area contributed by atoms with E-state index in [1.165, 1.54) is 0 Å². The lowest BCUT2D eigenvalue weighted by molar-refractivity contribution is 0.0935. The van der Waals surface area contributed by atoms with Crippen molar-refractivity contribution in [3.63, 3.8) is 0 Å². The van der Waals surface area contributed by atoms with Gasteiger partial charge in [-0.3, -0.25) is 0 Å². The molecule has 0 fully saturated rings. The largest absolute Gasteiger partial charge is 0.359 e. The highest BCUT2D eigenvalue weighted by atomic mass is 16.5. The van der Waals surface area contributed by atoms with Gasteiger partial charge in [-0.25, -0.2) is 0 Å². The lowest BCUT2D eigenvalue weighted by Gasteiger charge is -2.11. The van der Waals surface area contributed by atoms with Gasteiger partial charge in [0.05, 0.1) is 6.10 Å². The summed E-state index contributed by atoms with van der Waals surface area (Å²) in [6, 6.07) is 0.154. The third-order valence-corrected chi connectivity index (χ3v) is 1.82. The van der Waals surface area contributed by atoms with Crippen molar-refractivity contribution in [2.75, 3.05) is 17.4 Å². The zero-order valence-corrected chi connectivity index (χ0v) is 11.5. The summed E-state index contributed by atoms with van der Waals surface area (Å²) in [5, 5.41) is 9.27. The van der Waals surface area contributed by atoms with Gasteiger partial charge in [0.15, 0.2) is 0 Å². The molecular weight excluding hydrogens is 248 g/mol. The molecule has 0 aromatic carbocycles. The van der Waals surface area contributed by atoms with Crippen LogP contribution in [0.3, 0.4) is 0 Å². The van der Waals surface area contributed by atoms with Crippen molar-refractivity contribution >= 4 is 17.8 Å². The van der Waals surface area contributed by atoms with Crippen LogP contribution in [0, 0.1) is 0 Å². The molecule has 0 aliphatic heterocycles. The van der Waals surface area contributed by atoms with E-state index in [1.54, 1.807) is 0 Å². The Hall–Kier alpha value is -2.12. The van der Waals surface area contributed by atoms with Crippen molar-refractivity contribution < 1.29 is 4.74 Å². The van der Waals surface area contributed by atoms with Gasteiger partial charge >= 0.3 is 0 Å². The Kier molecular flexibility index (Phi) is 5.77. The smallest absolute Gasteiger partial charge is 0.229 e. The molecule has 0 bridgehead atoms. The number of rotatable bonds is 7. The predicted octanol–water partition coefficient (Wildman–Crippen LogP) is 2.43. The van der Waals surface area contributed by atoms with Gasteiger partial charge in [-0.05, 0) is 38.3 Å². The number of anilines is 2. The highest BCUT2D eigenvalue weighted by Crippen LogP contribution is 2.12. The molecule has 19 heavy (non-hydrogen) atoms. The van der Waals surface area contributed by atoms with Crippen molar-refractivity contribution in [3.8, 4) is 0 Å². The van der Waals surface area contributed by atoms with Gasteiger partial charge in [0.2, 0.25) is 17.8 Å². The fourth-order valence-corrected chi connectivity index (χ4v) is 1.12. The van der Waals surface area contributed by atoms with Crippen LogP contribution in [0.4, 0.5) is 17.8 Å². The Labute approximate surface area is 111 Å². The van der Waals surface area contributed by atoms with Crippen molar-refractivity contribution in [3.05, 3.63) is 10.4 Å². The molecule has 0 saturated carbocycles. The molecule has 104 valence electrons. The second-order valence-electron chi connectivity index (χ2n) is 4.31. The Morgan fingerprint density at radius 1 is 1.21 bits per heavy atom. The maximum absolute atomic E-state index is 8.42. The number of aromatic nitrogens is 3. The van der Waals surface area contributed by atoms with E-state index in [1.807, 2.05) is 27.7 Å². The monoisotopic (exact) mass is 266 g/mol. The summed E-state index contributed by atoms with van der Waals surface area (Å²) in [5.41, 5.74) is 8.42. The van der Waals surface area contributed by atoms with Crippen LogP contribution in [0.5, 0.6) is 0 Å². The molecule has 0 spiro atoms. The maximum Gasteiger partial charge on any atom is 0.229 e. The highest BCUT2D eigenvalue weighted by Gasteiger charge is 2.06. The Morgan fingerprint density at radius 3 is 2.47 bits per heavy atom. The molecule has 0 amide bonds. The van der Waals surface area contributed by atoms with Gasteiger partial charge in [-0.2, -0.15) is 15.0 Å². The Bertz CT molecular complexity index is 455. The lowest BCUT2D eigenvalue weighted by Crippen LogP contribution is -2.16. The van der Waals surface area contributed by atoms with E-state index in [0.29, 0.717) is 11.9 Å². The molecule has 0 unspecified atom stereocenters. The minimum Gasteiger partial charge on any atom is -0.359 e. The molecule has 0 aliphatic carbocycles. The number of nitrogens with zero attached hydrogens (tertiary/aromatic N) is 6. The summed E-state index contributed by atoms with van der Waals surface area (Å²) >= 11 is 0. The first-order valence-electron chi connectivity index (χ1n) is 5.94.